The van der Waals surface area contributed by atoms with Crippen molar-refractivity contribution < 1.29 is 0 Å². The normalized spacial score (nSPS) is 28.4. The zero-order valence-corrected chi connectivity index (χ0v) is 13.9. The maximum Gasteiger partial charge on any atom is 0.00958 e. The van der Waals surface area contributed by atoms with Gasteiger partial charge in [-0.15, -0.1) is 0 Å². The van der Waals surface area contributed by atoms with Crippen LogP contribution < -0.4 is 5.32 Å². The maximum absolute atomic E-state index is 3.77. The van der Waals surface area contributed by atoms with Crippen LogP contribution in [0, 0.1) is 11.8 Å². The SMILES string of the molecule is CCCNC1CCCC1CCN(C)CC1CCCCC1. The molecule has 2 saturated carbocycles. The van der Waals surface area contributed by atoms with Gasteiger partial charge in [-0.05, 0) is 70.5 Å². The summed E-state index contributed by atoms with van der Waals surface area (Å²) in [5.74, 6) is 1.93. The van der Waals surface area contributed by atoms with E-state index in [1.165, 1.54) is 83.8 Å². The molecule has 0 radical (unpaired) electrons. The predicted molar refractivity (Wildman–Crippen MR) is 88.1 cm³/mol. The second kappa shape index (κ2) is 9.04. The van der Waals surface area contributed by atoms with E-state index in [2.05, 4.69) is 24.2 Å². The van der Waals surface area contributed by atoms with E-state index in [1.54, 1.807) is 0 Å². The molecule has 118 valence electrons. The Kier molecular flexibility index (Phi) is 7.37. The lowest BCUT2D eigenvalue weighted by Gasteiger charge is -2.28. The first-order valence-electron chi connectivity index (χ1n) is 9.21. The molecule has 0 aliphatic heterocycles. The molecular weight excluding hydrogens is 244 g/mol. The molecule has 0 saturated heterocycles. The third-order valence-corrected chi connectivity index (χ3v) is 5.49. The van der Waals surface area contributed by atoms with Gasteiger partial charge >= 0.3 is 0 Å². The Morgan fingerprint density at radius 1 is 1.00 bits per heavy atom. The average Bonchev–Trinajstić information content (AvgIpc) is 2.91. The first-order chi connectivity index (χ1) is 9.79. The third kappa shape index (κ3) is 5.37. The lowest BCUT2D eigenvalue weighted by Crippen LogP contribution is -2.35. The Morgan fingerprint density at radius 2 is 1.80 bits per heavy atom. The van der Waals surface area contributed by atoms with E-state index >= 15 is 0 Å². The predicted octanol–water partition coefficient (Wildman–Crippen LogP) is 4.06. The van der Waals surface area contributed by atoms with Crippen molar-refractivity contribution in [3.05, 3.63) is 0 Å². The molecule has 1 N–H and O–H groups in total. The van der Waals surface area contributed by atoms with Gasteiger partial charge in [0.15, 0.2) is 0 Å². The maximum atomic E-state index is 3.77. The molecule has 2 aliphatic carbocycles. The highest BCUT2D eigenvalue weighted by Gasteiger charge is 2.26. The van der Waals surface area contributed by atoms with E-state index in [1.807, 2.05) is 0 Å². The second-order valence-corrected chi connectivity index (χ2v) is 7.31. The Hall–Kier alpha value is -0.0800. The fourth-order valence-electron chi connectivity index (χ4n) is 4.27. The average molecular weight is 280 g/mol. The highest BCUT2D eigenvalue weighted by Crippen LogP contribution is 2.29. The number of hydrogen-bond donors (Lipinski definition) is 1. The van der Waals surface area contributed by atoms with Gasteiger partial charge in [0, 0.05) is 12.6 Å². The van der Waals surface area contributed by atoms with E-state index in [-0.39, 0.29) is 0 Å². The van der Waals surface area contributed by atoms with Gasteiger partial charge in [-0.25, -0.2) is 0 Å². The van der Waals surface area contributed by atoms with Gasteiger partial charge in [0.1, 0.15) is 0 Å². The third-order valence-electron chi connectivity index (χ3n) is 5.49. The largest absolute Gasteiger partial charge is 0.314 e. The summed E-state index contributed by atoms with van der Waals surface area (Å²) >= 11 is 0. The van der Waals surface area contributed by atoms with Crippen LogP contribution in [0.5, 0.6) is 0 Å². The summed E-state index contributed by atoms with van der Waals surface area (Å²) in [6, 6.07) is 0.818. The molecule has 2 fully saturated rings. The fourth-order valence-corrected chi connectivity index (χ4v) is 4.27. The van der Waals surface area contributed by atoms with Crippen LogP contribution in [0.1, 0.15) is 71.1 Å². The summed E-state index contributed by atoms with van der Waals surface area (Å²) in [5.41, 5.74) is 0. The van der Waals surface area contributed by atoms with Crippen LogP contribution in [0.25, 0.3) is 0 Å². The standard InChI is InChI=1S/C18H36N2/c1-3-13-19-18-11-7-10-17(18)12-14-20(2)15-16-8-5-4-6-9-16/h16-19H,3-15H2,1-2H3. The molecule has 2 nitrogen and oxygen atoms in total. The molecule has 20 heavy (non-hydrogen) atoms. The lowest BCUT2D eigenvalue weighted by molar-refractivity contribution is 0.216. The number of nitrogens with one attached hydrogen (secondary N) is 1. The molecule has 2 unspecified atom stereocenters. The summed E-state index contributed by atoms with van der Waals surface area (Å²) in [7, 11) is 2.35. The smallest absolute Gasteiger partial charge is 0.00958 e. The van der Waals surface area contributed by atoms with Crippen LogP contribution in [0.2, 0.25) is 0 Å². The molecule has 2 aliphatic rings. The van der Waals surface area contributed by atoms with Gasteiger partial charge in [0.05, 0.1) is 0 Å². The van der Waals surface area contributed by atoms with Crippen LogP contribution in [0.4, 0.5) is 0 Å². The van der Waals surface area contributed by atoms with E-state index in [0.29, 0.717) is 0 Å². The van der Waals surface area contributed by atoms with E-state index < -0.39 is 0 Å². The van der Waals surface area contributed by atoms with Crippen molar-refractivity contribution in [2.75, 3.05) is 26.7 Å². The van der Waals surface area contributed by atoms with Crippen LogP contribution in [-0.4, -0.2) is 37.6 Å². The molecular formula is C18H36N2. The van der Waals surface area contributed by atoms with Crippen molar-refractivity contribution in [1.29, 1.82) is 0 Å². The van der Waals surface area contributed by atoms with Crippen molar-refractivity contribution in [3.8, 4) is 0 Å². The number of rotatable bonds is 8. The molecule has 2 rings (SSSR count). The number of hydrogen-bond acceptors (Lipinski definition) is 2. The van der Waals surface area contributed by atoms with E-state index in [9.17, 15) is 0 Å². The summed E-state index contributed by atoms with van der Waals surface area (Å²) in [5, 5.41) is 3.77. The molecule has 0 aromatic heterocycles. The molecule has 0 heterocycles. The minimum atomic E-state index is 0.818. The Balaban J connectivity index is 1.62. The lowest BCUT2D eigenvalue weighted by atomic mass is 9.89. The highest BCUT2D eigenvalue weighted by atomic mass is 15.1. The number of nitrogens with zero attached hydrogens (tertiary/aromatic N) is 1. The van der Waals surface area contributed by atoms with Gasteiger partial charge in [-0.2, -0.15) is 0 Å². The Labute approximate surface area is 126 Å². The van der Waals surface area contributed by atoms with Gasteiger partial charge < -0.3 is 10.2 Å². The molecule has 0 amide bonds. The molecule has 0 spiro atoms. The van der Waals surface area contributed by atoms with Crippen molar-refractivity contribution in [2.45, 2.75) is 77.2 Å². The van der Waals surface area contributed by atoms with Crippen molar-refractivity contribution in [3.63, 3.8) is 0 Å². The molecule has 0 bridgehead atoms. The van der Waals surface area contributed by atoms with Gasteiger partial charge in [0.25, 0.3) is 0 Å². The van der Waals surface area contributed by atoms with E-state index in [4.69, 9.17) is 0 Å². The van der Waals surface area contributed by atoms with Crippen molar-refractivity contribution in [1.82, 2.24) is 10.2 Å². The van der Waals surface area contributed by atoms with Gasteiger partial charge in [-0.1, -0.05) is 32.6 Å². The highest BCUT2D eigenvalue weighted by molar-refractivity contribution is 4.83. The first kappa shape index (κ1) is 16.3. The summed E-state index contributed by atoms with van der Waals surface area (Å²) in [4.78, 5) is 2.62. The minimum absolute atomic E-state index is 0.818. The monoisotopic (exact) mass is 280 g/mol. The zero-order valence-electron chi connectivity index (χ0n) is 13.9. The fraction of sp³-hybridized carbons (Fsp3) is 1.00. The summed E-state index contributed by atoms with van der Waals surface area (Å²) in [6.45, 7) is 6.14. The van der Waals surface area contributed by atoms with Gasteiger partial charge in [-0.3, -0.25) is 0 Å². The zero-order chi connectivity index (χ0) is 14.2. The Bertz CT molecular complexity index is 248. The van der Waals surface area contributed by atoms with Gasteiger partial charge in [0.2, 0.25) is 0 Å². The molecule has 2 heteroatoms. The second-order valence-electron chi connectivity index (χ2n) is 7.31. The summed E-state index contributed by atoms with van der Waals surface area (Å²) < 4.78 is 0. The summed E-state index contributed by atoms with van der Waals surface area (Å²) in [6.07, 6.45) is 14.4. The van der Waals surface area contributed by atoms with Crippen LogP contribution >= 0.6 is 0 Å². The quantitative estimate of drug-likeness (QED) is 0.721. The van der Waals surface area contributed by atoms with Crippen molar-refractivity contribution >= 4 is 0 Å². The van der Waals surface area contributed by atoms with E-state index in [0.717, 1.165) is 17.9 Å². The molecule has 0 aromatic rings. The Morgan fingerprint density at radius 3 is 2.55 bits per heavy atom. The topological polar surface area (TPSA) is 15.3 Å². The first-order valence-corrected chi connectivity index (χ1v) is 9.21. The minimum Gasteiger partial charge on any atom is -0.314 e. The van der Waals surface area contributed by atoms with Crippen LogP contribution in [0.3, 0.4) is 0 Å². The van der Waals surface area contributed by atoms with Crippen LogP contribution in [-0.2, 0) is 0 Å². The molecule has 2 atom stereocenters. The van der Waals surface area contributed by atoms with Crippen LogP contribution in [0.15, 0.2) is 0 Å². The molecule has 0 aromatic carbocycles. The van der Waals surface area contributed by atoms with Crippen molar-refractivity contribution in [2.24, 2.45) is 11.8 Å².